The van der Waals surface area contributed by atoms with E-state index < -0.39 is 42.2 Å². The monoisotopic (exact) mass is 358 g/mol. The number of rotatable bonds is 7. The third-order valence-corrected chi connectivity index (χ3v) is 2.70. The molecule has 0 aliphatic carbocycles. The molecule has 0 spiro atoms. The largest absolute Gasteiger partial charge is 0.475 e. The van der Waals surface area contributed by atoms with Crippen LogP contribution in [0.15, 0.2) is 10.6 Å². The highest BCUT2D eigenvalue weighted by Gasteiger charge is 2.28. The molecule has 1 heterocycles. The Balaban J connectivity index is 2.53. The van der Waals surface area contributed by atoms with Crippen LogP contribution in [0, 0.1) is 5.92 Å². The van der Waals surface area contributed by atoms with Crippen molar-refractivity contribution >= 4 is 18.0 Å². The van der Waals surface area contributed by atoms with E-state index in [1.165, 1.54) is 0 Å². The average Bonchev–Trinajstić information content (AvgIpc) is 2.91. The summed E-state index contributed by atoms with van der Waals surface area (Å²) < 4.78 is 19.5. The maximum absolute atomic E-state index is 12.1. The van der Waals surface area contributed by atoms with E-state index in [0.717, 1.165) is 6.07 Å². The Labute approximate surface area is 144 Å². The van der Waals surface area contributed by atoms with Gasteiger partial charge < -0.3 is 29.2 Å². The number of amides is 1. The standard InChI is InChI=1S/C15H22N2O8/c1-8(2)11(16-14(21)24-15(3,4)5)13(20)23-7-22-10-6-9(12(18)19)25-17-10/h6,8,11H,7H2,1-5H3,(H,16,21)(H,18,19)/t11-/m0/s1. The Morgan fingerprint density at radius 3 is 2.44 bits per heavy atom. The Morgan fingerprint density at radius 1 is 1.32 bits per heavy atom. The molecular weight excluding hydrogens is 336 g/mol. The molecule has 0 aliphatic heterocycles. The summed E-state index contributed by atoms with van der Waals surface area (Å²) in [7, 11) is 0. The van der Waals surface area contributed by atoms with Crippen molar-refractivity contribution in [2.24, 2.45) is 5.92 Å². The third-order valence-electron chi connectivity index (χ3n) is 2.70. The lowest BCUT2D eigenvalue weighted by atomic mass is 10.1. The van der Waals surface area contributed by atoms with E-state index in [4.69, 9.17) is 19.3 Å². The number of hydrogen-bond acceptors (Lipinski definition) is 8. The molecule has 1 amide bonds. The fourth-order valence-corrected chi connectivity index (χ4v) is 1.60. The maximum atomic E-state index is 12.1. The van der Waals surface area contributed by atoms with E-state index in [9.17, 15) is 14.4 Å². The molecule has 1 rings (SSSR count). The molecular formula is C15H22N2O8. The number of nitrogens with zero attached hydrogens (tertiary/aromatic N) is 1. The molecule has 0 unspecified atom stereocenters. The molecule has 10 nitrogen and oxygen atoms in total. The molecule has 0 bridgehead atoms. The normalized spacial score (nSPS) is 12.4. The first-order chi connectivity index (χ1) is 11.5. The van der Waals surface area contributed by atoms with Gasteiger partial charge in [-0.2, -0.15) is 0 Å². The van der Waals surface area contributed by atoms with Crippen molar-refractivity contribution in [1.82, 2.24) is 10.5 Å². The minimum Gasteiger partial charge on any atom is -0.475 e. The number of nitrogens with one attached hydrogen (secondary N) is 1. The molecule has 2 N–H and O–H groups in total. The minimum absolute atomic E-state index is 0.147. The van der Waals surface area contributed by atoms with Crippen molar-refractivity contribution in [3.05, 3.63) is 11.8 Å². The van der Waals surface area contributed by atoms with Crippen LogP contribution in [-0.4, -0.2) is 46.7 Å². The summed E-state index contributed by atoms with van der Waals surface area (Å²) in [5.41, 5.74) is -0.701. The molecule has 1 aromatic rings. The molecule has 1 aromatic heterocycles. The third kappa shape index (κ3) is 7.10. The van der Waals surface area contributed by atoms with Gasteiger partial charge in [0.1, 0.15) is 11.6 Å². The van der Waals surface area contributed by atoms with E-state index in [2.05, 4.69) is 15.0 Å². The summed E-state index contributed by atoms with van der Waals surface area (Å²) in [4.78, 5) is 34.5. The predicted octanol–water partition coefficient (Wildman–Crippen LogP) is 1.80. The molecule has 0 aromatic carbocycles. The Bertz CT molecular complexity index is 617. The Kier molecular flexibility index (Phi) is 6.77. The first-order valence-electron chi connectivity index (χ1n) is 7.48. The number of ether oxygens (including phenoxy) is 3. The van der Waals surface area contributed by atoms with Crippen LogP contribution in [0.5, 0.6) is 5.88 Å². The molecule has 25 heavy (non-hydrogen) atoms. The summed E-state index contributed by atoms with van der Waals surface area (Å²) in [6.45, 7) is 8.02. The number of hydrogen-bond donors (Lipinski definition) is 2. The van der Waals surface area contributed by atoms with Gasteiger partial charge in [0.05, 0.1) is 6.07 Å². The van der Waals surface area contributed by atoms with E-state index in [0.29, 0.717) is 0 Å². The number of alkyl carbamates (subject to hydrolysis) is 1. The van der Waals surface area contributed by atoms with Crippen LogP contribution >= 0.6 is 0 Å². The second-order valence-corrected chi connectivity index (χ2v) is 6.43. The second-order valence-electron chi connectivity index (χ2n) is 6.43. The smallest absolute Gasteiger partial charge is 0.408 e. The highest BCUT2D eigenvalue weighted by molar-refractivity contribution is 5.84. The zero-order valence-electron chi connectivity index (χ0n) is 14.7. The van der Waals surface area contributed by atoms with Crippen LogP contribution in [0.4, 0.5) is 4.79 Å². The van der Waals surface area contributed by atoms with E-state index in [1.54, 1.807) is 34.6 Å². The van der Waals surface area contributed by atoms with Crippen molar-refractivity contribution in [2.45, 2.75) is 46.3 Å². The van der Waals surface area contributed by atoms with Gasteiger partial charge in [-0.15, -0.1) is 0 Å². The van der Waals surface area contributed by atoms with Crippen LogP contribution < -0.4 is 10.1 Å². The Morgan fingerprint density at radius 2 is 1.96 bits per heavy atom. The molecule has 1 atom stereocenters. The van der Waals surface area contributed by atoms with Crippen LogP contribution in [0.3, 0.4) is 0 Å². The summed E-state index contributed by atoms with van der Waals surface area (Å²) in [5.74, 6) is -2.85. The van der Waals surface area contributed by atoms with Gasteiger partial charge in [0.2, 0.25) is 12.6 Å². The minimum atomic E-state index is -1.30. The van der Waals surface area contributed by atoms with Gasteiger partial charge in [-0.05, 0) is 31.8 Å². The van der Waals surface area contributed by atoms with Crippen LogP contribution in [-0.2, 0) is 14.3 Å². The molecule has 0 radical (unpaired) electrons. The van der Waals surface area contributed by atoms with Crippen molar-refractivity contribution in [3.8, 4) is 5.88 Å². The van der Waals surface area contributed by atoms with Crippen molar-refractivity contribution in [3.63, 3.8) is 0 Å². The molecule has 0 saturated carbocycles. The molecule has 0 fully saturated rings. The van der Waals surface area contributed by atoms with Crippen LogP contribution in [0.1, 0.15) is 45.2 Å². The molecule has 0 aliphatic rings. The van der Waals surface area contributed by atoms with Gasteiger partial charge in [-0.3, -0.25) is 0 Å². The summed E-state index contributed by atoms with van der Waals surface area (Å²) >= 11 is 0. The van der Waals surface area contributed by atoms with Gasteiger partial charge >= 0.3 is 18.0 Å². The molecule has 10 heteroatoms. The molecule has 0 saturated heterocycles. The lowest BCUT2D eigenvalue weighted by Crippen LogP contribution is -2.47. The Hall–Kier alpha value is -2.78. The van der Waals surface area contributed by atoms with Gasteiger partial charge in [0, 0.05) is 0 Å². The SMILES string of the molecule is CC(C)[C@H](NC(=O)OC(C)(C)C)C(=O)OCOc1cc(C(=O)O)on1. The first kappa shape index (κ1) is 20.3. The van der Waals surface area contributed by atoms with E-state index in [1.807, 2.05) is 0 Å². The van der Waals surface area contributed by atoms with Crippen molar-refractivity contribution in [1.29, 1.82) is 0 Å². The highest BCUT2D eigenvalue weighted by Crippen LogP contribution is 2.12. The number of carboxylic acids is 1. The summed E-state index contributed by atoms with van der Waals surface area (Å²) in [6, 6.07) is 0.0973. The van der Waals surface area contributed by atoms with Crippen molar-refractivity contribution < 1.29 is 38.2 Å². The lowest BCUT2D eigenvalue weighted by Gasteiger charge is -2.24. The summed E-state index contributed by atoms with van der Waals surface area (Å²) in [6.07, 6.45) is -0.744. The summed E-state index contributed by atoms with van der Waals surface area (Å²) in [5, 5.41) is 14.5. The van der Waals surface area contributed by atoms with Crippen LogP contribution in [0.25, 0.3) is 0 Å². The van der Waals surface area contributed by atoms with Gasteiger partial charge in [-0.1, -0.05) is 13.8 Å². The zero-order valence-corrected chi connectivity index (χ0v) is 14.7. The number of carboxylic acid groups (broad SMARTS) is 1. The van der Waals surface area contributed by atoms with Gasteiger partial charge in [-0.25, -0.2) is 14.4 Å². The molecule has 140 valence electrons. The van der Waals surface area contributed by atoms with E-state index in [-0.39, 0.29) is 11.8 Å². The zero-order chi connectivity index (χ0) is 19.2. The fraction of sp³-hybridized carbons (Fsp3) is 0.600. The van der Waals surface area contributed by atoms with Crippen LogP contribution in [0.2, 0.25) is 0 Å². The number of aromatic carboxylic acids is 1. The lowest BCUT2D eigenvalue weighted by molar-refractivity contribution is -0.154. The highest BCUT2D eigenvalue weighted by atomic mass is 16.7. The first-order valence-corrected chi connectivity index (χ1v) is 7.48. The average molecular weight is 358 g/mol. The number of carbonyl (C=O) groups excluding carboxylic acids is 2. The number of esters is 1. The van der Waals surface area contributed by atoms with Crippen molar-refractivity contribution in [2.75, 3.05) is 6.79 Å². The fourth-order valence-electron chi connectivity index (χ4n) is 1.60. The second kappa shape index (κ2) is 8.36. The number of aromatic nitrogens is 1. The topological polar surface area (TPSA) is 137 Å². The van der Waals surface area contributed by atoms with E-state index >= 15 is 0 Å². The maximum Gasteiger partial charge on any atom is 0.408 e. The predicted molar refractivity (Wildman–Crippen MR) is 83.0 cm³/mol. The quantitative estimate of drug-likeness (QED) is 0.552. The number of carbonyl (C=O) groups is 3. The van der Waals surface area contributed by atoms with Gasteiger partial charge in [0.25, 0.3) is 5.88 Å². The van der Waals surface area contributed by atoms with Gasteiger partial charge in [0.15, 0.2) is 0 Å².